The van der Waals surface area contributed by atoms with Gasteiger partial charge in [0.15, 0.2) is 0 Å². The molecule has 5 nitrogen and oxygen atoms in total. The van der Waals surface area contributed by atoms with Crippen LogP contribution in [-0.2, 0) is 20.7 Å². The van der Waals surface area contributed by atoms with E-state index in [1.807, 2.05) is 18.2 Å². The van der Waals surface area contributed by atoms with Crippen molar-refractivity contribution in [1.29, 1.82) is 0 Å². The van der Waals surface area contributed by atoms with Crippen LogP contribution in [-0.4, -0.2) is 45.5 Å². The first kappa shape index (κ1) is 20.9. The molecule has 0 aromatic heterocycles. The van der Waals surface area contributed by atoms with Crippen molar-refractivity contribution in [3.05, 3.63) is 54.1 Å². The molecular formula is C25H31NO4. The van der Waals surface area contributed by atoms with E-state index in [4.69, 9.17) is 14.2 Å². The van der Waals surface area contributed by atoms with Gasteiger partial charge in [-0.1, -0.05) is 42.5 Å². The van der Waals surface area contributed by atoms with Gasteiger partial charge in [0.2, 0.25) is 5.91 Å². The van der Waals surface area contributed by atoms with Crippen LogP contribution in [0.3, 0.4) is 0 Å². The van der Waals surface area contributed by atoms with Crippen molar-refractivity contribution in [3.8, 4) is 16.9 Å². The second-order valence-corrected chi connectivity index (χ2v) is 8.32. The molecule has 2 aromatic carbocycles. The SMILES string of the molecule is COc1ccccc1-c1cccc(CC2(C(=O)NC[C@H]3CCCO3)CCOCC2)c1. The van der Waals surface area contributed by atoms with Gasteiger partial charge in [-0.05, 0) is 49.3 Å². The lowest BCUT2D eigenvalue weighted by Crippen LogP contribution is -2.47. The Labute approximate surface area is 178 Å². The van der Waals surface area contributed by atoms with E-state index >= 15 is 0 Å². The molecule has 2 saturated heterocycles. The zero-order chi connectivity index (χ0) is 20.8. The molecule has 2 fully saturated rings. The standard InChI is InChI=1S/C25H31NO4/c1-28-23-10-3-2-9-22(23)20-7-4-6-19(16-20)17-25(11-14-29-15-12-25)24(27)26-18-21-8-5-13-30-21/h2-4,6-7,9-10,16,21H,5,8,11-15,17-18H2,1H3,(H,26,27)/t21-/m1/s1. The number of ether oxygens (including phenoxy) is 3. The highest BCUT2D eigenvalue weighted by atomic mass is 16.5. The van der Waals surface area contributed by atoms with Gasteiger partial charge in [-0.15, -0.1) is 0 Å². The quantitative estimate of drug-likeness (QED) is 0.751. The third-order valence-electron chi connectivity index (χ3n) is 6.33. The minimum absolute atomic E-state index is 0.129. The number of nitrogens with one attached hydrogen (secondary N) is 1. The van der Waals surface area contributed by atoms with E-state index in [1.54, 1.807) is 7.11 Å². The monoisotopic (exact) mass is 409 g/mol. The van der Waals surface area contributed by atoms with Crippen molar-refractivity contribution >= 4 is 5.91 Å². The highest BCUT2D eigenvalue weighted by molar-refractivity contribution is 5.83. The fourth-order valence-corrected chi connectivity index (χ4v) is 4.57. The lowest BCUT2D eigenvalue weighted by molar-refractivity contribution is -0.137. The number of carbonyl (C=O) groups is 1. The Hall–Kier alpha value is -2.37. The highest BCUT2D eigenvalue weighted by Gasteiger charge is 2.40. The molecule has 0 radical (unpaired) electrons. The normalized spacial score (nSPS) is 20.6. The van der Waals surface area contributed by atoms with Crippen molar-refractivity contribution in [1.82, 2.24) is 5.32 Å². The lowest BCUT2D eigenvalue weighted by atomic mass is 9.74. The third kappa shape index (κ3) is 4.68. The van der Waals surface area contributed by atoms with Crippen LogP contribution in [0.2, 0.25) is 0 Å². The smallest absolute Gasteiger partial charge is 0.226 e. The van der Waals surface area contributed by atoms with Gasteiger partial charge in [-0.25, -0.2) is 0 Å². The van der Waals surface area contributed by atoms with Gasteiger partial charge in [-0.3, -0.25) is 4.79 Å². The van der Waals surface area contributed by atoms with Gasteiger partial charge in [0, 0.05) is 31.9 Å². The number of benzene rings is 2. The van der Waals surface area contributed by atoms with Gasteiger partial charge in [0.05, 0.1) is 18.6 Å². The van der Waals surface area contributed by atoms with E-state index in [-0.39, 0.29) is 12.0 Å². The molecule has 4 rings (SSSR count). The molecule has 1 N–H and O–H groups in total. The minimum Gasteiger partial charge on any atom is -0.496 e. The largest absolute Gasteiger partial charge is 0.496 e. The molecule has 0 saturated carbocycles. The summed E-state index contributed by atoms with van der Waals surface area (Å²) >= 11 is 0. The molecule has 0 aliphatic carbocycles. The number of methoxy groups -OCH3 is 1. The second-order valence-electron chi connectivity index (χ2n) is 8.32. The van der Waals surface area contributed by atoms with Crippen LogP contribution in [0, 0.1) is 5.41 Å². The Morgan fingerprint density at radius 1 is 1.13 bits per heavy atom. The highest BCUT2D eigenvalue weighted by Crippen LogP contribution is 2.37. The summed E-state index contributed by atoms with van der Waals surface area (Å²) in [6, 6.07) is 16.5. The summed E-state index contributed by atoms with van der Waals surface area (Å²) in [5.41, 5.74) is 2.89. The first-order chi connectivity index (χ1) is 14.7. The molecule has 0 spiro atoms. The maximum Gasteiger partial charge on any atom is 0.226 e. The van der Waals surface area contributed by atoms with Crippen molar-refractivity contribution < 1.29 is 19.0 Å². The van der Waals surface area contributed by atoms with E-state index in [9.17, 15) is 4.79 Å². The van der Waals surface area contributed by atoms with E-state index in [0.717, 1.165) is 54.7 Å². The van der Waals surface area contributed by atoms with E-state index in [2.05, 4.69) is 35.6 Å². The fourth-order valence-electron chi connectivity index (χ4n) is 4.57. The minimum atomic E-state index is -0.434. The molecule has 5 heteroatoms. The second kappa shape index (κ2) is 9.63. The Kier molecular flexibility index (Phi) is 6.70. The Balaban J connectivity index is 1.53. The summed E-state index contributed by atoms with van der Waals surface area (Å²) in [6.45, 7) is 2.65. The van der Waals surface area contributed by atoms with Gasteiger partial charge in [-0.2, -0.15) is 0 Å². The van der Waals surface area contributed by atoms with E-state index < -0.39 is 5.41 Å². The van der Waals surface area contributed by atoms with Gasteiger partial charge >= 0.3 is 0 Å². The first-order valence-electron chi connectivity index (χ1n) is 10.9. The number of para-hydroxylation sites is 1. The fraction of sp³-hybridized carbons (Fsp3) is 0.480. The Morgan fingerprint density at radius 3 is 2.73 bits per heavy atom. The molecule has 0 bridgehead atoms. The van der Waals surface area contributed by atoms with Crippen molar-refractivity contribution in [2.45, 2.75) is 38.2 Å². The summed E-state index contributed by atoms with van der Waals surface area (Å²) in [5.74, 6) is 0.980. The van der Waals surface area contributed by atoms with Crippen LogP contribution in [0.25, 0.3) is 11.1 Å². The first-order valence-corrected chi connectivity index (χ1v) is 10.9. The predicted octanol–water partition coefficient (Wildman–Crippen LogP) is 4.00. The molecule has 30 heavy (non-hydrogen) atoms. The summed E-state index contributed by atoms with van der Waals surface area (Å²) in [5, 5.41) is 3.18. The van der Waals surface area contributed by atoms with Crippen LogP contribution < -0.4 is 10.1 Å². The van der Waals surface area contributed by atoms with Crippen molar-refractivity contribution in [2.75, 3.05) is 33.5 Å². The number of hydrogen-bond acceptors (Lipinski definition) is 4. The number of carbonyl (C=O) groups excluding carboxylic acids is 1. The predicted molar refractivity (Wildman–Crippen MR) is 117 cm³/mol. The zero-order valence-electron chi connectivity index (χ0n) is 17.7. The zero-order valence-corrected chi connectivity index (χ0v) is 17.7. The number of amides is 1. The summed E-state index contributed by atoms with van der Waals surface area (Å²) in [7, 11) is 1.69. The molecule has 2 aromatic rings. The van der Waals surface area contributed by atoms with Crippen LogP contribution in [0.5, 0.6) is 5.75 Å². The molecule has 2 heterocycles. The average Bonchev–Trinajstić information content (AvgIpc) is 3.32. The summed E-state index contributed by atoms with van der Waals surface area (Å²) in [4.78, 5) is 13.3. The number of rotatable bonds is 7. The molecule has 2 aliphatic rings. The molecule has 1 atom stereocenters. The maximum absolute atomic E-state index is 13.3. The van der Waals surface area contributed by atoms with Crippen LogP contribution in [0.1, 0.15) is 31.2 Å². The van der Waals surface area contributed by atoms with Crippen LogP contribution >= 0.6 is 0 Å². The van der Waals surface area contributed by atoms with Gasteiger partial charge in [0.1, 0.15) is 5.75 Å². The van der Waals surface area contributed by atoms with Crippen molar-refractivity contribution in [3.63, 3.8) is 0 Å². The van der Waals surface area contributed by atoms with Gasteiger partial charge in [0.25, 0.3) is 0 Å². The average molecular weight is 410 g/mol. The molecule has 0 unspecified atom stereocenters. The van der Waals surface area contributed by atoms with Crippen LogP contribution in [0.4, 0.5) is 0 Å². The maximum atomic E-state index is 13.3. The van der Waals surface area contributed by atoms with Gasteiger partial charge < -0.3 is 19.5 Å². The summed E-state index contributed by atoms with van der Waals surface area (Å²) < 4.78 is 16.8. The Morgan fingerprint density at radius 2 is 1.97 bits per heavy atom. The Bertz CT molecular complexity index is 854. The molecule has 1 amide bonds. The van der Waals surface area contributed by atoms with E-state index in [0.29, 0.717) is 26.2 Å². The molecule has 160 valence electrons. The summed E-state index contributed by atoms with van der Waals surface area (Å²) in [6.07, 6.45) is 4.44. The van der Waals surface area contributed by atoms with Crippen LogP contribution in [0.15, 0.2) is 48.5 Å². The number of hydrogen-bond donors (Lipinski definition) is 1. The molecule has 2 aliphatic heterocycles. The molecular weight excluding hydrogens is 378 g/mol. The topological polar surface area (TPSA) is 56.8 Å². The van der Waals surface area contributed by atoms with E-state index in [1.165, 1.54) is 0 Å². The van der Waals surface area contributed by atoms with Crippen molar-refractivity contribution in [2.24, 2.45) is 5.41 Å². The third-order valence-corrected chi connectivity index (χ3v) is 6.33. The lowest BCUT2D eigenvalue weighted by Gasteiger charge is -2.36.